The molecule has 2 rings (SSSR count). The van der Waals surface area contributed by atoms with E-state index in [0.717, 1.165) is 24.1 Å². The van der Waals surface area contributed by atoms with Crippen molar-refractivity contribution >= 4 is 5.91 Å². The summed E-state index contributed by atoms with van der Waals surface area (Å²) >= 11 is 0. The van der Waals surface area contributed by atoms with E-state index in [2.05, 4.69) is 24.1 Å². The van der Waals surface area contributed by atoms with Crippen LogP contribution in [0.4, 0.5) is 0 Å². The zero-order valence-corrected chi connectivity index (χ0v) is 12.8. The number of aliphatic hydroxyl groups is 1. The normalized spacial score (nSPS) is 15.0. The van der Waals surface area contributed by atoms with Gasteiger partial charge in [0.05, 0.1) is 12.2 Å². The van der Waals surface area contributed by atoms with E-state index in [0.29, 0.717) is 17.4 Å². The molecule has 3 nitrogen and oxygen atoms in total. The van der Waals surface area contributed by atoms with Crippen molar-refractivity contribution in [2.45, 2.75) is 39.5 Å². The molecule has 0 bridgehead atoms. The molecule has 0 aromatic heterocycles. The van der Waals surface area contributed by atoms with Crippen molar-refractivity contribution in [3.05, 3.63) is 34.9 Å². The largest absolute Gasteiger partial charge is 0.395 e. The average Bonchev–Trinajstić information content (AvgIpc) is 3.27. The Morgan fingerprint density at radius 2 is 2.19 bits per heavy atom. The van der Waals surface area contributed by atoms with E-state index in [9.17, 15) is 4.79 Å². The lowest BCUT2D eigenvalue weighted by Crippen LogP contribution is -2.30. The van der Waals surface area contributed by atoms with Crippen LogP contribution >= 0.6 is 0 Å². The minimum Gasteiger partial charge on any atom is -0.395 e. The summed E-state index contributed by atoms with van der Waals surface area (Å²) in [4.78, 5) is 12.4. The van der Waals surface area contributed by atoms with Gasteiger partial charge >= 0.3 is 0 Å². The second kappa shape index (κ2) is 6.78. The van der Waals surface area contributed by atoms with Gasteiger partial charge in [-0.15, -0.1) is 0 Å². The number of hydrogen-bond donors (Lipinski definition) is 2. The van der Waals surface area contributed by atoms with Crippen LogP contribution in [0.3, 0.4) is 0 Å². The van der Waals surface area contributed by atoms with Gasteiger partial charge in [-0.2, -0.15) is 0 Å². The number of amides is 1. The van der Waals surface area contributed by atoms with Gasteiger partial charge in [0.2, 0.25) is 0 Å². The highest BCUT2D eigenvalue weighted by atomic mass is 16.2. The quantitative estimate of drug-likeness (QED) is 0.817. The first-order valence-corrected chi connectivity index (χ1v) is 7.59. The molecular weight excluding hydrogens is 262 g/mol. The molecule has 1 aliphatic carbocycles. The van der Waals surface area contributed by atoms with Crippen LogP contribution in [0.5, 0.6) is 0 Å². The van der Waals surface area contributed by atoms with Crippen molar-refractivity contribution in [1.82, 2.24) is 5.32 Å². The number of rotatable bonds is 5. The molecule has 1 amide bonds. The van der Waals surface area contributed by atoms with Crippen LogP contribution in [-0.4, -0.2) is 24.2 Å². The Labute approximate surface area is 126 Å². The molecule has 0 atom stereocenters. The van der Waals surface area contributed by atoms with E-state index in [4.69, 9.17) is 5.11 Å². The molecule has 1 aromatic carbocycles. The average molecular weight is 285 g/mol. The van der Waals surface area contributed by atoms with Crippen LogP contribution < -0.4 is 5.32 Å². The second-order valence-corrected chi connectivity index (χ2v) is 5.86. The van der Waals surface area contributed by atoms with Crippen LogP contribution in [0.15, 0.2) is 18.2 Å². The first kappa shape index (κ1) is 15.6. The van der Waals surface area contributed by atoms with E-state index in [1.807, 2.05) is 25.1 Å². The molecule has 21 heavy (non-hydrogen) atoms. The molecule has 0 aliphatic heterocycles. The SMILES string of the molecule is CCC1(CNC(=O)c2cc(C)ccc2C#CCCO)CC1. The summed E-state index contributed by atoms with van der Waals surface area (Å²) in [6.07, 6.45) is 3.96. The first-order valence-electron chi connectivity index (χ1n) is 7.59. The highest BCUT2D eigenvalue weighted by molar-refractivity contribution is 5.97. The number of carbonyl (C=O) groups is 1. The van der Waals surface area contributed by atoms with E-state index in [1.54, 1.807) is 0 Å². The van der Waals surface area contributed by atoms with Gasteiger partial charge in [0.25, 0.3) is 5.91 Å². The molecule has 0 saturated heterocycles. The van der Waals surface area contributed by atoms with Crippen molar-refractivity contribution < 1.29 is 9.90 Å². The van der Waals surface area contributed by atoms with E-state index < -0.39 is 0 Å². The van der Waals surface area contributed by atoms with Crippen molar-refractivity contribution in [3.8, 4) is 11.8 Å². The molecule has 112 valence electrons. The van der Waals surface area contributed by atoms with E-state index in [1.165, 1.54) is 12.8 Å². The summed E-state index contributed by atoms with van der Waals surface area (Å²) in [5, 5.41) is 11.8. The molecule has 2 N–H and O–H groups in total. The topological polar surface area (TPSA) is 49.3 Å². The lowest BCUT2D eigenvalue weighted by atomic mass is 10.0. The number of benzene rings is 1. The maximum Gasteiger partial charge on any atom is 0.252 e. The van der Waals surface area contributed by atoms with Gasteiger partial charge < -0.3 is 10.4 Å². The third-order valence-corrected chi connectivity index (χ3v) is 4.21. The zero-order valence-electron chi connectivity index (χ0n) is 12.8. The number of hydrogen-bond acceptors (Lipinski definition) is 2. The van der Waals surface area contributed by atoms with Gasteiger partial charge in [0.15, 0.2) is 0 Å². The van der Waals surface area contributed by atoms with Gasteiger partial charge in [0, 0.05) is 18.5 Å². The molecule has 0 heterocycles. The summed E-state index contributed by atoms with van der Waals surface area (Å²) in [5.74, 6) is 5.81. The summed E-state index contributed by atoms with van der Waals surface area (Å²) < 4.78 is 0. The standard InChI is InChI=1S/C18H23NO2/c1-3-18(9-10-18)13-19-17(21)16-12-14(2)7-8-15(16)6-4-5-11-20/h7-8,12,20H,3,5,9-11,13H2,1-2H3,(H,19,21). The highest BCUT2D eigenvalue weighted by Gasteiger charge is 2.40. The predicted octanol–water partition coefficient (Wildman–Crippen LogP) is 2.65. The summed E-state index contributed by atoms with van der Waals surface area (Å²) in [6, 6.07) is 5.71. The predicted molar refractivity (Wildman–Crippen MR) is 84.1 cm³/mol. The van der Waals surface area contributed by atoms with E-state index in [-0.39, 0.29) is 12.5 Å². The molecule has 1 saturated carbocycles. The minimum absolute atomic E-state index is 0.0411. The third kappa shape index (κ3) is 4.09. The van der Waals surface area contributed by atoms with Crippen LogP contribution in [-0.2, 0) is 0 Å². The number of aryl methyl sites for hydroxylation is 1. The van der Waals surface area contributed by atoms with Crippen LogP contribution in [0.2, 0.25) is 0 Å². The van der Waals surface area contributed by atoms with Gasteiger partial charge in [-0.1, -0.05) is 30.4 Å². The maximum atomic E-state index is 12.4. The summed E-state index contributed by atoms with van der Waals surface area (Å²) in [5.41, 5.74) is 2.74. The van der Waals surface area contributed by atoms with E-state index >= 15 is 0 Å². The molecule has 0 unspecified atom stereocenters. The lowest BCUT2D eigenvalue weighted by molar-refractivity contribution is 0.0944. The number of carbonyl (C=O) groups excluding carboxylic acids is 1. The molecule has 3 heteroatoms. The van der Waals surface area contributed by atoms with Crippen molar-refractivity contribution in [1.29, 1.82) is 0 Å². The molecule has 1 fully saturated rings. The monoisotopic (exact) mass is 285 g/mol. The number of aliphatic hydroxyl groups excluding tert-OH is 1. The third-order valence-electron chi connectivity index (χ3n) is 4.21. The van der Waals surface area contributed by atoms with Gasteiger partial charge in [-0.25, -0.2) is 0 Å². The molecule has 1 aromatic rings. The molecule has 0 radical (unpaired) electrons. The fourth-order valence-corrected chi connectivity index (χ4v) is 2.36. The Morgan fingerprint density at radius 3 is 2.81 bits per heavy atom. The molecule has 1 aliphatic rings. The Kier molecular flexibility index (Phi) is 5.03. The summed E-state index contributed by atoms with van der Waals surface area (Å²) in [6.45, 7) is 4.94. The lowest BCUT2D eigenvalue weighted by Gasteiger charge is -2.14. The second-order valence-electron chi connectivity index (χ2n) is 5.86. The van der Waals surface area contributed by atoms with Crippen molar-refractivity contribution in [2.24, 2.45) is 5.41 Å². The highest BCUT2D eigenvalue weighted by Crippen LogP contribution is 2.47. The minimum atomic E-state index is -0.0493. The fraction of sp³-hybridized carbons (Fsp3) is 0.500. The Balaban J connectivity index is 2.11. The smallest absolute Gasteiger partial charge is 0.252 e. The van der Waals surface area contributed by atoms with Gasteiger partial charge in [-0.05, 0) is 43.7 Å². The van der Waals surface area contributed by atoms with Crippen LogP contribution in [0.25, 0.3) is 0 Å². The molecular formula is C18H23NO2. The van der Waals surface area contributed by atoms with Gasteiger partial charge in [-0.3, -0.25) is 4.79 Å². The Bertz CT molecular complexity index is 577. The maximum absolute atomic E-state index is 12.4. The van der Waals surface area contributed by atoms with Gasteiger partial charge in [0.1, 0.15) is 0 Å². The zero-order chi connectivity index (χ0) is 15.3. The molecule has 0 spiro atoms. The van der Waals surface area contributed by atoms with Crippen molar-refractivity contribution in [3.63, 3.8) is 0 Å². The van der Waals surface area contributed by atoms with Crippen LogP contribution in [0.1, 0.15) is 54.1 Å². The Hall–Kier alpha value is -1.79. The van der Waals surface area contributed by atoms with Crippen molar-refractivity contribution in [2.75, 3.05) is 13.2 Å². The first-order chi connectivity index (χ1) is 10.1. The summed E-state index contributed by atoms with van der Waals surface area (Å²) in [7, 11) is 0. The van der Waals surface area contributed by atoms with Crippen LogP contribution in [0, 0.1) is 24.2 Å². The number of nitrogens with one attached hydrogen (secondary N) is 1. The fourth-order valence-electron chi connectivity index (χ4n) is 2.36. The Morgan fingerprint density at radius 1 is 1.43 bits per heavy atom.